The van der Waals surface area contributed by atoms with Gasteiger partial charge in [0.25, 0.3) is 0 Å². The second-order valence-corrected chi connectivity index (χ2v) is 16.1. The molecule has 3 fully saturated rings. The maximum Gasteiger partial charge on any atom is 0.316 e. The van der Waals surface area contributed by atoms with Crippen molar-refractivity contribution in [2.24, 2.45) is 45.7 Å². The molecule has 3 saturated carbocycles. The third kappa shape index (κ3) is 5.94. The average Bonchev–Trinajstić information content (AvgIpc) is 3.24. The molecular weight excluding hydrogens is 512 g/mol. The highest BCUT2D eigenvalue weighted by molar-refractivity contribution is 8.01. The summed E-state index contributed by atoms with van der Waals surface area (Å²) < 4.78 is 5.99. The number of rotatable bonds is 9. The predicted octanol–water partition coefficient (Wildman–Crippen LogP) is 4.73. The Labute approximate surface area is 240 Å². The molecule has 3 rings (SSSR count). The van der Waals surface area contributed by atoms with Crippen molar-refractivity contribution in [1.82, 2.24) is 5.32 Å². The van der Waals surface area contributed by atoms with Crippen LogP contribution in [0.15, 0.2) is 0 Å². The molecule has 3 aliphatic carbocycles. The van der Waals surface area contributed by atoms with Gasteiger partial charge in [-0.2, -0.15) is 0 Å². The molecule has 0 aromatic heterocycles. The molecule has 9 atom stereocenters. The van der Waals surface area contributed by atoms with Crippen LogP contribution in [0.3, 0.4) is 0 Å². The van der Waals surface area contributed by atoms with Gasteiger partial charge in [0.2, 0.25) is 5.91 Å². The van der Waals surface area contributed by atoms with E-state index in [2.05, 4.69) is 39.9 Å². The van der Waals surface area contributed by atoms with Crippen LogP contribution in [0.5, 0.6) is 0 Å². The first-order valence-electron chi connectivity index (χ1n) is 15.0. The van der Waals surface area contributed by atoms with Crippen LogP contribution in [-0.4, -0.2) is 58.1 Å². The number of carbonyl (C=O) groups excluding carboxylic acids is 3. The van der Waals surface area contributed by atoms with E-state index in [9.17, 15) is 19.5 Å². The van der Waals surface area contributed by atoms with E-state index in [-0.39, 0.29) is 52.5 Å². The van der Waals surface area contributed by atoms with Crippen molar-refractivity contribution in [3.63, 3.8) is 0 Å². The van der Waals surface area contributed by atoms with Gasteiger partial charge in [0.1, 0.15) is 11.9 Å². The summed E-state index contributed by atoms with van der Waals surface area (Å²) in [7, 11) is 0. The number of thioether (sulfide) groups is 1. The van der Waals surface area contributed by atoms with E-state index in [1.807, 2.05) is 27.7 Å². The Balaban J connectivity index is 1.81. The first-order chi connectivity index (χ1) is 17.9. The zero-order valence-electron chi connectivity index (χ0n) is 25.8. The molecule has 0 radical (unpaired) electrons. The number of ketones is 1. The number of ether oxygens (including phenoxy) is 1. The Kier molecular flexibility index (Phi) is 9.66. The van der Waals surface area contributed by atoms with Crippen molar-refractivity contribution in [2.45, 2.75) is 124 Å². The SMILES string of the molecule is CC[C@@]1(C)C[C@H](OC(=O)CSC(C)(C)CNC(=O)C(N)C(C)C)[C@@]2(C)C(C)CC[C@@]3(CCC(=O)[C@@H]32)C(C)[C@H]1O. The molecule has 3 aliphatic rings. The largest absolute Gasteiger partial charge is 0.461 e. The molecule has 7 nitrogen and oxygen atoms in total. The normalized spacial score (nSPS) is 39.5. The number of nitrogens with two attached hydrogens (primary N) is 1. The summed E-state index contributed by atoms with van der Waals surface area (Å²) in [5.41, 5.74) is 4.82. The molecular formula is C31H54N2O5S. The zero-order valence-corrected chi connectivity index (χ0v) is 26.6. The fraction of sp³-hybridized carbons (Fsp3) is 0.903. The third-order valence-electron chi connectivity index (χ3n) is 11.3. The summed E-state index contributed by atoms with van der Waals surface area (Å²) >= 11 is 1.45. The van der Waals surface area contributed by atoms with Crippen LogP contribution in [0.2, 0.25) is 0 Å². The molecule has 0 spiro atoms. The van der Waals surface area contributed by atoms with Crippen molar-refractivity contribution < 1.29 is 24.2 Å². The highest BCUT2D eigenvalue weighted by Crippen LogP contribution is 2.68. The van der Waals surface area contributed by atoms with Crippen LogP contribution in [0.1, 0.15) is 101 Å². The molecule has 1 amide bonds. The summed E-state index contributed by atoms with van der Waals surface area (Å²) in [5, 5.41) is 14.7. The Hall–Kier alpha value is -1.12. The molecule has 0 saturated heterocycles. The number of carbonyl (C=O) groups is 3. The van der Waals surface area contributed by atoms with E-state index in [0.29, 0.717) is 19.4 Å². The van der Waals surface area contributed by atoms with Gasteiger partial charge in [0.05, 0.1) is 17.9 Å². The number of amides is 1. The Morgan fingerprint density at radius 2 is 1.87 bits per heavy atom. The number of Topliss-reactive ketones (excluding diaryl/α,β-unsaturated/α-hetero) is 1. The molecule has 4 N–H and O–H groups in total. The quantitative estimate of drug-likeness (QED) is 0.345. The van der Waals surface area contributed by atoms with Gasteiger partial charge in [-0.15, -0.1) is 11.8 Å². The van der Waals surface area contributed by atoms with Gasteiger partial charge in [-0.25, -0.2) is 0 Å². The van der Waals surface area contributed by atoms with Crippen molar-refractivity contribution >= 4 is 29.4 Å². The topological polar surface area (TPSA) is 119 Å². The molecule has 0 aromatic rings. The lowest BCUT2D eigenvalue weighted by atomic mass is 9.43. The predicted molar refractivity (Wildman–Crippen MR) is 157 cm³/mol. The third-order valence-corrected chi connectivity index (χ3v) is 12.6. The second kappa shape index (κ2) is 11.6. The smallest absolute Gasteiger partial charge is 0.316 e. The number of aliphatic hydroxyl groups is 1. The fourth-order valence-corrected chi connectivity index (χ4v) is 8.68. The number of aliphatic hydroxyl groups excluding tert-OH is 1. The summed E-state index contributed by atoms with van der Waals surface area (Å²) in [6, 6.07) is -0.565. The molecule has 0 heterocycles. The molecule has 8 heteroatoms. The lowest BCUT2D eigenvalue weighted by molar-refractivity contribution is -0.211. The van der Waals surface area contributed by atoms with E-state index in [4.69, 9.17) is 10.5 Å². The molecule has 3 unspecified atom stereocenters. The van der Waals surface area contributed by atoms with Gasteiger partial charge in [0.15, 0.2) is 0 Å². The minimum Gasteiger partial charge on any atom is -0.461 e. The van der Waals surface area contributed by atoms with Crippen LogP contribution in [0, 0.1) is 39.9 Å². The monoisotopic (exact) mass is 566 g/mol. The number of esters is 1. The summed E-state index contributed by atoms with van der Waals surface area (Å²) in [6.45, 7) is 19.0. The maximum absolute atomic E-state index is 13.6. The number of hydrogen-bond donors (Lipinski definition) is 3. The summed E-state index contributed by atoms with van der Waals surface area (Å²) in [6.07, 6.45) is 3.56. The van der Waals surface area contributed by atoms with E-state index >= 15 is 0 Å². The average molecular weight is 567 g/mol. The molecule has 39 heavy (non-hydrogen) atoms. The highest BCUT2D eigenvalue weighted by atomic mass is 32.2. The lowest BCUT2D eigenvalue weighted by Gasteiger charge is -2.62. The molecule has 2 bridgehead atoms. The summed E-state index contributed by atoms with van der Waals surface area (Å²) in [4.78, 5) is 39.3. The second-order valence-electron chi connectivity index (χ2n) is 14.4. The van der Waals surface area contributed by atoms with E-state index in [1.54, 1.807) is 0 Å². The van der Waals surface area contributed by atoms with Crippen LogP contribution >= 0.6 is 11.8 Å². The van der Waals surface area contributed by atoms with Gasteiger partial charge in [0, 0.05) is 29.0 Å². The van der Waals surface area contributed by atoms with E-state index in [1.165, 1.54) is 11.8 Å². The molecule has 224 valence electrons. The Morgan fingerprint density at radius 1 is 1.23 bits per heavy atom. The number of hydrogen-bond acceptors (Lipinski definition) is 7. The van der Waals surface area contributed by atoms with Gasteiger partial charge >= 0.3 is 5.97 Å². The maximum atomic E-state index is 13.6. The van der Waals surface area contributed by atoms with Gasteiger partial charge in [-0.1, -0.05) is 48.5 Å². The first-order valence-corrected chi connectivity index (χ1v) is 16.0. The summed E-state index contributed by atoms with van der Waals surface area (Å²) in [5.74, 6) is -0.000426. The fourth-order valence-electron chi connectivity index (χ4n) is 7.93. The molecule has 0 aliphatic heterocycles. The van der Waals surface area contributed by atoms with Crippen LogP contribution in [0.25, 0.3) is 0 Å². The lowest BCUT2D eigenvalue weighted by Crippen LogP contribution is -2.63. The van der Waals surface area contributed by atoms with Crippen LogP contribution < -0.4 is 11.1 Å². The first kappa shape index (κ1) is 32.4. The van der Waals surface area contributed by atoms with Crippen LogP contribution in [0.4, 0.5) is 0 Å². The van der Waals surface area contributed by atoms with Gasteiger partial charge in [-0.3, -0.25) is 14.4 Å². The Morgan fingerprint density at radius 3 is 2.46 bits per heavy atom. The van der Waals surface area contributed by atoms with Gasteiger partial charge < -0.3 is 20.9 Å². The standard InChI is InChI=1S/C31H54N2O5S/c1-10-29(8)15-22(38-23(35)16-39-28(6,7)17-33-27(37)24(32)18(2)3)30(9)19(4)11-13-31(20(5)26(29)36)14-12-21(34)25(30)31/h18-20,22,24-26,36H,10-17,32H2,1-9H3,(H,33,37)/t19?,20?,22-,24?,25+,26+,29-,30+,31+/m0/s1. The van der Waals surface area contributed by atoms with Crippen molar-refractivity contribution in [1.29, 1.82) is 0 Å². The van der Waals surface area contributed by atoms with Gasteiger partial charge in [-0.05, 0) is 74.5 Å². The number of nitrogens with one attached hydrogen (secondary N) is 1. The van der Waals surface area contributed by atoms with Crippen LogP contribution in [-0.2, 0) is 19.1 Å². The highest BCUT2D eigenvalue weighted by Gasteiger charge is 2.68. The van der Waals surface area contributed by atoms with Crippen molar-refractivity contribution in [3.8, 4) is 0 Å². The van der Waals surface area contributed by atoms with E-state index in [0.717, 1.165) is 25.7 Å². The van der Waals surface area contributed by atoms with Crippen molar-refractivity contribution in [3.05, 3.63) is 0 Å². The Bertz CT molecular complexity index is 940. The van der Waals surface area contributed by atoms with E-state index < -0.39 is 33.8 Å². The van der Waals surface area contributed by atoms with Crippen molar-refractivity contribution in [2.75, 3.05) is 12.3 Å². The zero-order chi connectivity index (χ0) is 29.6. The minimum absolute atomic E-state index is 0.0118. The minimum atomic E-state index is -0.566. The molecule has 0 aromatic carbocycles.